The van der Waals surface area contributed by atoms with Crippen molar-refractivity contribution in [3.63, 3.8) is 0 Å². The summed E-state index contributed by atoms with van der Waals surface area (Å²) in [6.45, 7) is 0. The Bertz CT molecular complexity index is 583. The summed E-state index contributed by atoms with van der Waals surface area (Å²) < 4.78 is 38.8. The molecule has 1 aromatic heterocycles. The summed E-state index contributed by atoms with van der Waals surface area (Å²) in [6, 6.07) is 6.33. The van der Waals surface area contributed by atoms with Crippen LogP contribution < -0.4 is 5.56 Å². The quantitative estimate of drug-likeness (QED) is 0.864. The lowest BCUT2D eigenvalue weighted by molar-refractivity contribution is -0.138. The molecule has 0 amide bonds. The van der Waals surface area contributed by atoms with Gasteiger partial charge in [-0.25, -0.2) is 4.68 Å². The third-order valence-electron chi connectivity index (χ3n) is 2.16. The van der Waals surface area contributed by atoms with Gasteiger partial charge in [0.1, 0.15) is 5.56 Å². The zero-order valence-corrected chi connectivity index (χ0v) is 9.84. The molecule has 0 aliphatic heterocycles. The molecular weight excluding hydrogens is 301 g/mol. The Morgan fingerprint density at radius 1 is 1.18 bits per heavy atom. The van der Waals surface area contributed by atoms with Crippen LogP contribution in [-0.4, -0.2) is 9.78 Å². The van der Waals surface area contributed by atoms with Gasteiger partial charge in [0, 0.05) is 10.7 Å². The Balaban J connectivity index is 2.52. The fraction of sp³-hybridized carbons (Fsp3) is 0.100. The number of alkyl halides is 3. The number of aromatic nitrogens is 2. The van der Waals surface area contributed by atoms with Crippen molar-refractivity contribution >= 4 is 15.9 Å². The summed E-state index contributed by atoms with van der Waals surface area (Å²) in [7, 11) is 0. The molecular formula is C10H6BrF3N2O. The third kappa shape index (κ3) is 2.28. The third-order valence-corrected chi connectivity index (χ3v) is 2.69. The van der Waals surface area contributed by atoms with Gasteiger partial charge in [-0.3, -0.25) is 9.89 Å². The van der Waals surface area contributed by atoms with Crippen molar-refractivity contribution in [3.8, 4) is 5.69 Å². The Morgan fingerprint density at radius 3 is 2.24 bits per heavy atom. The molecule has 90 valence electrons. The number of rotatable bonds is 1. The fourth-order valence-electron chi connectivity index (χ4n) is 1.35. The minimum Gasteiger partial charge on any atom is -0.298 e. The smallest absolute Gasteiger partial charge is 0.298 e. The maximum absolute atomic E-state index is 12.4. The van der Waals surface area contributed by atoms with Crippen molar-refractivity contribution in [1.29, 1.82) is 0 Å². The largest absolute Gasteiger partial charge is 0.423 e. The first kappa shape index (κ1) is 12.0. The van der Waals surface area contributed by atoms with Crippen molar-refractivity contribution in [3.05, 3.63) is 50.9 Å². The molecule has 0 aliphatic carbocycles. The summed E-state index contributed by atoms with van der Waals surface area (Å²) in [6.07, 6.45) is -3.99. The van der Waals surface area contributed by atoms with Gasteiger partial charge in [-0.05, 0) is 24.3 Å². The highest BCUT2D eigenvalue weighted by Crippen LogP contribution is 2.26. The fourth-order valence-corrected chi connectivity index (χ4v) is 1.62. The van der Waals surface area contributed by atoms with Crippen LogP contribution in [-0.2, 0) is 6.18 Å². The Hall–Kier alpha value is -1.50. The highest BCUT2D eigenvalue weighted by molar-refractivity contribution is 9.10. The molecule has 7 heteroatoms. The van der Waals surface area contributed by atoms with Gasteiger partial charge in [-0.1, -0.05) is 15.9 Å². The van der Waals surface area contributed by atoms with Gasteiger partial charge in [0.25, 0.3) is 5.56 Å². The number of hydrogen-bond acceptors (Lipinski definition) is 1. The van der Waals surface area contributed by atoms with E-state index in [0.717, 1.165) is 9.15 Å². The molecule has 0 saturated carbocycles. The lowest BCUT2D eigenvalue weighted by atomic mass is 10.3. The molecule has 0 bridgehead atoms. The lowest BCUT2D eigenvalue weighted by Crippen LogP contribution is -2.22. The molecule has 0 aliphatic rings. The van der Waals surface area contributed by atoms with E-state index >= 15 is 0 Å². The first-order valence-electron chi connectivity index (χ1n) is 4.53. The number of halogens is 4. The second kappa shape index (κ2) is 4.06. The Morgan fingerprint density at radius 2 is 1.76 bits per heavy atom. The van der Waals surface area contributed by atoms with Crippen molar-refractivity contribution in [2.24, 2.45) is 0 Å². The zero-order valence-electron chi connectivity index (χ0n) is 8.25. The van der Waals surface area contributed by atoms with Gasteiger partial charge < -0.3 is 0 Å². The van der Waals surface area contributed by atoms with Crippen molar-refractivity contribution in [2.75, 3.05) is 0 Å². The summed E-state index contributed by atoms with van der Waals surface area (Å²) in [5, 5.41) is 2.29. The molecule has 2 rings (SSSR count). The van der Waals surface area contributed by atoms with E-state index in [-0.39, 0.29) is 0 Å². The van der Waals surface area contributed by atoms with Gasteiger partial charge >= 0.3 is 6.18 Å². The van der Waals surface area contributed by atoms with Crippen LogP contribution in [0.3, 0.4) is 0 Å². The number of nitrogens with one attached hydrogen (secondary N) is 1. The second-order valence-electron chi connectivity index (χ2n) is 3.30. The monoisotopic (exact) mass is 306 g/mol. The van der Waals surface area contributed by atoms with Gasteiger partial charge in [0.05, 0.1) is 5.69 Å². The van der Waals surface area contributed by atoms with Crippen molar-refractivity contribution in [2.45, 2.75) is 6.18 Å². The molecule has 0 saturated heterocycles. The lowest BCUT2D eigenvalue weighted by Gasteiger charge is -2.02. The highest BCUT2D eigenvalue weighted by atomic mass is 79.9. The molecule has 1 heterocycles. The van der Waals surface area contributed by atoms with E-state index in [1.807, 2.05) is 0 Å². The highest BCUT2D eigenvalue weighted by Gasteiger charge is 2.35. The average molecular weight is 307 g/mol. The van der Waals surface area contributed by atoms with E-state index in [1.54, 1.807) is 12.1 Å². The summed E-state index contributed by atoms with van der Waals surface area (Å²) in [5.41, 5.74) is -1.98. The molecule has 1 aromatic carbocycles. The Labute approximate surface area is 102 Å². The van der Waals surface area contributed by atoms with Gasteiger partial charge in [-0.2, -0.15) is 13.2 Å². The maximum atomic E-state index is 12.4. The molecule has 0 unspecified atom stereocenters. The zero-order chi connectivity index (χ0) is 12.6. The molecule has 17 heavy (non-hydrogen) atoms. The van der Waals surface area contributed by atoms with Crippen LogP contribution in [0.2, 0.25) is 0 Å². The first-order chi connectivity index (χ1) is 7.89. The van der Waals surface area contributed by atoms with E-state index < -0.39 is 17.3 Å². The molecule has 0 atom stereocenters. The Kier molecular flexibility index (Phi) is 2.86. The summed E-state index contributed by atoms with van der Waals surface area (Å²) in [4.78, 5) is 11.5. The van der Waals surface area contributed by atoms with Gasteiger partial charge in [0.15, 0.2) is 0 Å². The van der Waals surface area contributed by atoms with E-state index in [2.05, 4.69) is 21.0 Å². The van der Waals surface area contributed by atoms with Gasteiger partial charge in [0.2, 0.25) is 0 Å². The molecule has 2 aromatic rings. The molecule has 0 radical (unpaired) electrons. The predicted octanol–water partition coefficient (Wildman–Crippen LogP) is 2.95. The van der Waals surface area contributed by atoms with Crippen LogP contribution in [0, 0.1) is 0 Å². The van der Waals surface area contributed by atoms with Crippen LogP contribution in [0.5, 0.6) is 0 Å². The molecule has 0 spiro atoms. The van der Waals surface area contributed by atoms with Crippen LogP contribution in [0.15, 0.2) is 39.7 Å². The van der Waals surface area contributed by atoms with Crippen LogP contribution in [0.25, 0.3) is 5.69 Å². The molecule has 0 fully saturated rings. The van der Waals surface area contributed by atoms with Crippen LogP contribution in [0.4, 0.5) is 13.2 Å². The van der Waals surface area contributed by atoms with E-state index in [1.165, 1.54) is 12.1 Å². The van der Waals surface area contributed by atoms with E-state index in [4.69, 9.17) is 0 Å². The number of H-pyrrole nitrogens is 1. The molecule has 3 nitrogen and oxygen atoms in total. The van der Waals surface area contributed by atoms with Crippen LogP contribution in [0.1, 0.15) is 5.56 Å². The normalized spacial score (nSPS) is 11.8. The van der Waals surface area contributed by atoms with Crippen LogP contribution >= 0.6 is 15.9 Å². The number of aromatic amines is 1. The maximum Gasteiger partial charge on any atom is 0.423 e. The summed E-state index contributed by atoms with van der Waals surface area (Å²) in [5.74, 6) is 0. The topological polar surface area (TPSA) is 37.8 Å². The summed E-state index contributed by atoms with van der Waals surface area (Å²) >= 11 is 3.20. The standard InChI is InChI=1S/C10H6BrF3N2O/c11-6-1-3-7(4-2-6)16-9(17)8(5-15-16)10(12,13)14/h1-5,15H. The average Bonchev–Trinajstić information content (AvgIpc) is 2.61. The molecule has 1 N–H and O–H groups in total. The minimum absolute atomic E-state index is 0.341. The second-order valence-corrected chi connectivity index (χ2v) is 4.22. The minimum atomic E-state index is -4.64. The number of hydrogen-bond donors (Lipinski definition) is 1. The SMILES string of the molecule is O=c1c(C(F)(F)F)c[nH]n1-c1ccc(Br)cc1. The van der Waals surface area contributed by atoms with Gasteiger partial charge in [-0.15, -0.1) is 0 Å². The van der Waals surface area contributed by atoms with E-state index in [0.29, 0.717) is 11.9 Å². The predicted molar refractivity (Wildman–Crippen MR) is 59.1 cm³/mol. The van der Waals surface area contributed by atoms with E-state index in [9.17, 15) is 18.0 Å². The number of benzene rings is 1. The first-order valence-corrected chi connectivity index (χ1v) is 5.32. The number of nitrogens with zero attached hydrogens (tertiary/aromatic N) is 1. The van der Waals surface area contributed by atoms with Crippen molar-refractivity contribution < 1.29 is 13.2 Å². The van der Waals surface area contributed by atoms with Crippen molar-refractivity contribution in [1.82, 2.24) is 9.78 Å².